The van der Waals surface area contributed by atoms with Gasteiger partial charge < -0.3 is 5.11 Å². The van der Waals surface area contributed by atoms with E-state index >= 15 is 0 Å². The summed E-state index contributed by atoms with van der Waals surface area (Å²) in [6.45, 7) is 7.33. The van der Waals surface area contributed by atoms with Gasteiger partial charge >= 0.3 is 0 Å². The van der Waals surface area contributed by atoms with Gasteiger partial charge in [-0.05, 0) is 36.5 Å². The van der Waals surface area contributed by atoms with Crippen LogP contribution in [-0.4, -0.2) is 26.2 Å². The molecule has 0 amide bonds. The maximum absolute atomic E-state index is 12.6. The van der Waals surface area contributed by atoms with Crippen LogP contribution < -0.4 is 4.72 Å². The van der Waals surface area contributed by atoms with Crippen molar-refractivity contribution in [2.45, 2.75) is 45.1 Å². The Kier molecular flexibility index (Phi) is 5.51. The molecule has 2 N–H and O–H groups in total. The normalized spacial score (nSPS) is 13.7. The van der Waals surface area contributed by atoms with Crippen molar-refractivity contribution in [3.63, 3.8) is 0 Å². The fourth-order valence-electron chi connectivity index (χ4n) is 2.01. The Morgan fingerprint density at radius 1 is 1.38 bits per heavy atom. The summed E-state index contributed by atoms with van der Waals surface area (Å²) >= 11 is 0. The van der Waals surface area contributed by atoms with Crippen molar-refractivity contribution in [1.82, 2.24) is 4.72 Å². The van der Waals surface area contributed by atoms with Gasteiger partial charge in [-0.25, -0.2) is 13.1 Å². The number of aliphatic hydroxyl groups is 1. The third-order valence-electron chi connectivity index (χ3n) is 3.37. The van der Waals surface area contributed by atoms with Crippen molar-refractivity contribution in [3.05, 3.63) is 29.3 Å². The van der Waals surface area contributed by atoms with Crippen molar-refractivity contribution in [2.24, 2.45) is 5.41 Å². The van der Waals surface area contributed by atoms with E-state index in [1.54, 1.807) is 19.1 Å². The number of hydrogen-bond donors (Lipinski definition) is 2. The Labute approximate surface area is 126 Å². The molecule has 0 saturated heterocycles. The van der Waals surface area contributed by atoms with Gasteiger partial charge in [-0.15, -0.1) is 0 Å². The van der Waals surface area contributed by atoms with Gasteiger partial charge in [-0.1, -0.05) is 26.8 Å². The van der Waals surface area contributed by atoms with Gasteiger partial charge in [0, 0.05) is 12.6 Å². The molecule has 21 heavy (non-hydrogen) atoms. The number of nitrogens with one attached hydrogen (secondary N) is 1. The summed E-state index contributed by atoms with van der Waals surface area (Å²) in [7, 11) is -3.74. The van der Waals surface area contributed by atoms with E-state index in [-0.39, 0.29) is 16.9 Å². The number of nitrogens with zero attached hydrogens (tertiary/aromatic N) is 1. The zero-order valence-electron chi connectivity index (χ0n) is 12.8. The van der Waals surface area contributed by atoms with Crippen LogP contribution in [0.5, 0.6) is 0 Å². The molecule has 0 aliphatic carbocycles. The highest BCUT2D eigenvalue weighted by Gasteiger charge is 2.30. The lowest BCUT2D eigenvalue weighted by Crippen LogP contribution is -2.44. The minimum Gasteiger partial charge on any atom is -0.396 e. The van der Waals surface area contributed by atoms with E-state index in [1.807, 2.05) is 26.8 Å². The first-order valence-corrected chi connectivity index (χ1v) is 8.24. The smallest absolute Gasteiger partial charge is 0.241 e. The minimum absolute atomic E-state index is 0.0956. The lowest BCUT2D eigenvalue weighted by atomic mass is 9.86. The quantitative estimate of drug-likeness (QED) is 0.869. The summed E-state index contributed by atoms with van der Waals surface area (Å²) in [5, 5.41) is 18.0. The van der Waals surface area contributed by atoms with Gasteiger partial charge in [0.1, 0.15) is 0 Å². The molecule has 1 rings (SSSR count). The van der Waals surface area contributed by atoms with Crippen LogP contribution in [0.25, 0.3) is 0 Å². The molecule has 0 spiro atoms. The molecular formula is C15H22N2O3S. The SMILES string of the molecule is Cc1ccc(C#N)cc1S(=O)(=O)NC(CCO)C(C)(C)C. The van der Waals surface area contributed by atoms with E-state index in [0.717, 1.165) is 0 Å². The van der Waals surface area contributed by atoms with Gasteiger partial charge in [-0.3, -0.25) is 0 Å². The first-order chi connectivity index (χ1) is 9.61. The van der Waals surface area contributed by atoms with Crippen LogP contribution in [0.1, 0.15) is 38.3 Å². The van der Waals surface area contributed by atoms with E-state index in [0.29, 0.717) is 17.5 Å². The average molecular weight is 310 g/mol. The van der Waals surface area contributed by atoms with Gasteiger partial charge in [0.25, 0.3) is 0 Å². The maximum Gasteiger partial charge on any atom is 0.241 e. The third-order valence-corrected chi connectivity index (χ3v) is 4.98. The maximum atomic E-state index is 12.6. The predicted molar refractivity (Wildman–Crippen MR) is 81.2 cm³/mol. The number of hydrogen-bond acceptors (Lipinski definition) is 4. The molecule has 0 aliphatic heterocycles. The summed E-state index contributed by atoms with van der Waals surface area (Å²) in [5.74, 6) is 0. The Morgan fingerprint density at radius 2 is 2.00 bits per heavy atom. The molecule has 0 aliphatic rings. The highest BCUT2D eigenvalue weighted by Crippen LogP contribution is 2.25. The van der Waals surface area contributed by atoms with Gasteiger partial charge in [0.15, 0.2) is 0 Å². The molecule has 0 heterocycles. The van der Waals surface area contributed by atoms with E-state index in [2.05, 4.69) is 4.72 Å². The molecule has 0 bridgehead atoms. The highest BCUT2D eigenvalue weighted by atomic mass is 32.2. The van der Waals surface area contributed by atoms with Crippen LogP contribution in [0.15, 0.2) is 23.1 Å². The molecule has 1 aromatic rings. The fraction of sp³-hybridized carbons (Fsp3) is 0.533. The second-order valence-corrected chi connectivity index (χ2v) is 7.83. The Hall–Kier alpha value is -1.42. The van der Waals surface area contributed by atoms with Crippen LogP contribution in [0.2, 0.25) is 0 Å². The van der Waals surface area contributed by atoms with Crippen LogP contribution in [0, 0.1) is 23.7 Å². The monoisotopic (exact) mass is 310 g/mol. The van der Waals surface area contributed by atoms with Crippen molar-refractivity contribution in [2.75, 3.05) is 6.61 Å². The second kappa shape index (κ2) is 6.56. The summed E-state index contributed by atoms with van der Waals surface area (Å²) < 4.78 is 27.7. The topological polar surface area (TPSA) is 90.2 Å². The molecule has 1 aromatic carbocycles. The molecular weight excluding hydrogens is 288 g/mol. The highest BCUT2D eigenvalue weighted by molar-refractivity contribution is 7.89. The molecule has 0 aromatic heterocycles. The molecule has 5 nitrogen and oxygen atoms in total. The summed E-state index contributed by atoms with van der Waals surface area (Å²) in [4.78, 5) is 0.105. The number of aliphatic hydroxyl groups excluding tert-OH is 1. The predicted octanol–water partition coefficient (Wildman–Crippen LogP) is 1.94. The lowest BCUT2D eigenvalue weighted by Gasteiger charge is -2.31. The largest absolute Gasteiger partial charge is 0.396 e. The zero-order chi connectivity index (χ0) is 16.3. The summed E-state index contributed by atoms with van der Waals surface area (Å²) in [5.41, 5.74) is 0.560. The molecule has 116 valence electrons. The number of rotatable bonds is 5. The number of nitriles is 1. The minimum atomic E-state index is -3.74. The fourth-order valence-corrected chi connectivity index (χ4v) is 3.75. The summed E-state index contributed by atoms with van der Waals surface area (Å²) in [6, 6.07) is 6.13. The van der Waals surface area contributed by atoms with E-state index in [9.17, 15) is 8.42 Å². The van der Waals surface area contributed by atoms with Crippen LogP contribution in [0.3, 0.4) is 0 Å². The number of benzene rings is 1. The average Bonchev–Trinajstić information content (AvgIpc) is 2.37. The zero-order valence-corrected chi connectivity index (χ0v) is 13.7. The van der Waals surface area contributed by atoms with E-state index in [1.165, 1.54) is 6.07 Å². The molecule has 6 heteroatoms. The Balaban J connectivity index is 3.20. The molecule has 0 fully saturated rings. The van der Waals surface area contributed by atoms with Crippen LogP contribution >= 0.6 is 0 Å². The van der Waals surface area contributed by atoms with Crippen molar-refractivity contribution in [3.8, 4) is 6.07 Å². The molecule has 0 saturated carbocycles. The molecule has 0 radical (unpaired) electrons. The Bertz CT molecular complexity index is 640. The first kappa shape index (κ1) is 17.6. The Morgan fingerprint density at radius 3 is 2.48 bits per heavy atom. The van der Waals surface area contributed by atoms with Crippen molar-refractivity contribution >= 4 is 10.0 Å². The van der Waals surface area contributed by atoms with Crippen LogP contribution in [0.4, 0.5) is 0 Å². The first-order valence-electron chi connectivity index (χ1n) is 6.76. The third kappa shape index (κ3) is 4.53. The summed E-state index contributed by atoms with van der Waals surface area (Å²) in [6.07, 6.45) is 0.333. The van der Waals surface area contributed by atoms with Gasteiger partial charge in [0.05, 0.1) is 16.5 Å². The number of sulfonamides is 1. The number of aryl methyl sites for hydroxylation is 1. The van der Waals surface area contributed by atoms with Gasteiger partial charge in [0.2, 0.25) is 10.0 Å². The van der Waals surface area contributed by atoms with Crippen molar-refractivity contribution < 1.29 is 13.5 Å². The van der Waals surface area contributed by atoms with E-state index in [4.69, 9.17) is 10.4 Å². The van der Waals surface area contributed by atoms with Gasteiger partial charge in [-0.2, -0.15) is 5.26 Å². The van der Waals surface area contributed by atoms with E-state index < -0.39 is 16.1 Å². The second-order valence-electron chi connectivity index (χ2n) is 6.14. The van der Waals surface area contributed by atoms with Crippen molar-refractivity contribution in [1.29, 1.82) is 5.26 Å². The molecule has 1 atom stereocenters. The standard InChI is InChI=1S/C15H22N2O3S/c1-11-5-6-12(10-16)9-13(11)21(19,20)17-14(7-8-18)15(2,3)4/h5-6,9,14,17-18H,7-8H2,1-4H3. The lowest BCUT2D eigenvalue weighted by molar-refractivity contribution is 0.214. The molecule has 1 unspecified atom stereocenters. The van der Waals surface area contributed by atoms with Crippen LogP contribution in [-0.2, 0) is 10.0 Å².